The van der Waals surface area contributed by atoms with Crippen molar-refractivity contribution in [2.24, 2.45) is 0 Å². The highest BCUT2D eigenvalue weighted by Gasteiger charge is 2.32. The number of hydrogen-bond donors (Lipinski definition) is 0. The Balaban J connectivity index is 1.42. The van der Waals surface area contributed by atoms with Crippen molar-refractivity contribution in [3.05, 3.63) is 83.7 Å². The van der Waals surface area contributed by atoms with E-state index in [1.165, 1.54) is 23.5 Å². The molecule has 1 aliphatic heterocycles. The van der Waals surface area contributed by atoms with Crippen molar-refractivity contribution in [3.8, 4) is 17.6 Å². The van der Waals surface area contributed by atoms with Crippen LogP contribution in [0.1, 0.15) is 21.5 Å². The van der Waals surface area contributed by atoms with Crippen molar-refractivity contribution in [2.75, 3.05) is 33.3 Å². The highest BCUT2D eigenvalue weighted by molar-refractivity contribution is 7.89. The number of carbonyl (C=O) groups is 1. The van der Waals surface area contributed by atoms with Crippen molar-refractivity contribution in [2.45, 2.75) is 11.5 Å². The molecule has 0 atom stereocenters. The fourth-order valence-electron chi connectivity index (χ4n) is 3.80. The summed E-state index contributed by atoms with van der Waals surface area (Å²) in [6.07, 6.45) is 3.37. The molecule has 0 bridgehead atoms. The molecule has 2 heterocycles. The van der Waals surface area contributed by atoms with Crippen LogP contribution in [0.3, 0.4) is 0 Å². The van der Waals surface area contributed by atoms with Crippen molar-refractivity contribution in [1.82, 2.24) is 14.2 Å². The maximum absolute atomic E-state index is 13.1. The molecule has 9 nitrogen and oxygen atoms in total. The van der Waals surface area contributed by atoms with Gasteiger partial charge in [0.15, 0.2) is 11.5 Å². The van der Waals surface area contributed by atoms with Crippen LogP contribution in [-0.2, 0) is 16.6 Å². The van der Waals surface area contributed by atoms with Gasteiger partial charge in [0.1, 0.15) is 12.7 Å². The van der Waals surface area contributed by atoms with E-state index in [-0.39, 0.29) is 42.5 Å². The lowest BCUT2D eigenvalue weighted by atomic mass is 10.1. The summed E-state index contributed by atoms with van der Waals surface area (Å²) in [5.41, 5.74) is 1.47. The number of piperazine rings is 1. The number of methoxy groups -OCH3 is 1. The van der Waals surface area contributed by atoms with Gasteiger partial charge in [-0.15, -0.1) is 0 Å². The van der Waals surface area contributed by atoms with Gasteiger partial charge in [-0.25, -0.2) is 8.42 Å². The number of nitrogens with zero attached hydrogens (tertiary/aromatic N) is 4. The van der Waals surface area contributed by atoms with Crippen LogP contribution in [-0.4, -0.2) is 61.8 Å². The summed E-state index contributed by atoms with van der Waals surface area (Å²) < 4.78 is 38.6. The van der Waals surface area contributed by atoms with Gasteiger partial charge in [-0.3, -0.25) is 9.78 Å². The summed E-state index contributed by atoms with van der Waals surface area (Å²) in [6, 6.07) is 16.7. The van der Waals surface area contributed by atoms with Crippen LogP contribution in [0.4, 0.5) is 0 Å². The van der Waals surface area contributed by atoms with E-state index in [1.807, 2.05) is 18.2 Å². The monoisotopic (exact) mass is 492 g/mol. The van der Waals surface area contributed by atoms with Gasteiger partial charge in [-0.1, -0.05) is 12.1 Å². The Morgan fingerprint density at radius 1 is 1.03 bits per heavy atom. The number of carbonyl (C=O) groups excluding carboxylic acids is 1. The van der Waals surface area contributed by atoms with Crippen molar-refractivity contribution in [3.63, 3.8) is 0 Å². The third kappa shape index (κ3) is 5.26. The standard InChI is InChI=1S/C25H24N4O5S/c1-33-23-16-20(6-7-22(23)34-18-19-8-10-27-11-9-19)25(30)28-12-14-29(15-13-28)35(31,32)24-5-3-2-4-21(24)17-26/h2-11,16H,12-15,18H2,1H3. The second kappa shape index (κ2) is 10.5. The largest absolute Gasteiger partial charge is 0.493 e. The highest BCUT2D eigenvalue weighted by Crippen LogP contribution is 2.30. The zero-order chi connectivity index (χ0) is 24.8. The number of rotatable bonds is 7. The number of pyridine rings is 1. The molecule has 35 heavy (non-hydrogen) atoms. The molecule has 10 heteroatoms. The van der Waals surface area contributed by atoms with Crippen molar-refractivity contribution < 1.29 is 22.7 Å². The van der Waals surface area contributed by atoms with Gasteiger partial charge < -0.3 is 14.4 Å². The predicted octanol–water partition coefficient (Wildman–Crippen LogP) is 2.69. The van der Waals surface area contributed by atoms with Gasteiger partial charge in [-0.05, 0) is 48.0 Å². The summed E-state index contributed by atoms with van der Waals surface area (Å²) in [5, 5.41) is 9.27. The molecule has 2 aromatic carbocycles. The van der Waals surface area contributed by atoms with E-state index in [0.29, 0.717) is 23.7 Å². The highest BCUT2D eigenvalue weighted by atomic mass is 32.2. The van der Waals surface area contributed by atoms with Gasteiger partial charge >= 0.3 is 0 Å². The summed E-state index contributed by atoms with van der Waals surface area (Å²) in [4.78, 5) is 18.7. The zero-order valence-corrected chi connectivity index (χ0v) is 19.9. The third-order valence-electron chi connectivity index (χ3n) is 5.71. The molecule has 3 aromatic rings. The maximum atomic E-state index is 13.1. The summed E-state index contributed by atoms with van der Waals surface area (Å²) >= 11 is 0. The minimum Gasteiger partial charge on any atom is -0.493 e. The average Bonchev–Trinajstić information content (AvgIpc) is 2.92. The van der Waals surface area contributed by atoms with Crippen LogP contribution < -0.4 is 9.47 Å². The molecule has 180 valence electrons. The molecular formula is C25H24N4O5S. The SMILES string of the molecule is COc1cc(C(=O)N2CCN(S(=O)(=O)c3ccccc3C#N)CC2)ccc1OCc1ccncc1. The number of amides is 1. The molecule has 0 saturated carbocycles. The van der Waals surface area contributed by atoms with E-state index in [4.69, 9.17) is 9.47 Å². The number of benzene rings is 2. The first-order chi connectivity index (χ1) is 16.9. The van der Waals surface area contributed by atoms with Crippen LogP contribution in [0.15, 0.2) is 71.9 Å². The molecule has 1 aromatic heterocycles. The topological polar surface area (TPSA) is 113 Å². The molecule has 0 N–H and O–H groups in total. The molecule has 1 aliphatic rings. The van der Waals surface area contributed by atoms with Crippen LogP contribution in [0.5, 0.6) is 11.5 Å². The van der Waals surface area contributed by atoms with E-state index in [9.17, 15) is 18.5 Å². The van der Waals surface area contributed by atoms with Crippen LogP contribution in [0.2, 0.25) is 0 Å². The minimum absolute atomic E-state index is 0.0191. The summed E-state index contributed by atoms with van der Waals surface area (Å²) in [6.45, 7) is 1.07. The molecule has 1 amide bonds. The smallest absolute Gasteiger partial charge is 0.254 e. The number of ether oxygens (including phenoxy) is 2. The van der Waals surface area contributed by atoms with E-state index >= 15 is 0 Å². The lowest BCUT2D eigenvalue weighted by molar-refractivity contribution is 0.0697. The maximum Gasteiger partial charge on any atom is 0.254 e. The second-order valence-electron chi connectivity index (χ2n) is 7.81. The summed E-state index contributed by atoms with van der Waals surface area (Å²) in [5.74, 6) is 0.714. The van der Waals surface area contributed by atoms with Crippen molar-refractivity contribution in [1.29, 1.82) is 5.26 Å². The number of hydrogen-bond acceptors (Lipinski definition) is 7. The Bertz CT molecular complexity index is 1350. The molecule has 1 fully saturated rings. The number of sulfonamides is 1. The lowest BCUT2D eigenvalue weighted by Crippen LogP contribution is -2.50. The van der Waals surface area contributed by atoms with Crippen LogP contribution >= 0.6 is 0 Å². The van der Waals surface area contributed by atoms with Crippen LogP contribution in [0, 0.1) is 11.3 Å². The molecule has 0 aliphatic carbocycles. The number of nitriles is 1. The minimum atomic E-state index is -3.83. The first-order valence-electron chi connectivity index (χ1n) is 10.9. The second-order valence-corrected chi connectivity index (χ2v) is 9.72. The molecule has 0 spiro atoms. The molecule has 0 radical (unpaired) electrons. The van der Waals surface area contributed by atoms with Crippen LogP contribution in [0.25, 0.3) is 0 Å². The van der Waals surface area contributed by atoms with E-state index in [0.717, 1.165) is 5.56 Å². The van der Waals surface area contributed by atoms with Crippen molar-refractivity contribution >= 4 is 15.9 Å². The van der Waals surface area contributed by atoms with E-state index < -0.39 is 10.0 Å². The fourth-order valence-corrected chi connectivity index (χ4v) is 5.36. The fraction of sp³-hybridized carbons (Fsp3) is 0.240. The van der Waals surface area contributed by atoms with E-state index in [2.05, 4.69) is 4.98 Å². The van der Waals surface area contributed by atoms with Gasteiger partial charge in [-0.2, -0.15) is 9.57 Å². The molecular weight excluding hydrogens is 468 g/mol. The normalized spacial score (nSPS) is 14.2. The Hall–Kier alpha value is -3.94. The Kier molecular flexibility index (Phi) is 7.29. The third-order valence-corrected chi connectivity index (χ3v) is 7.66. The quantitative estimate of drug-likeness (QED) is 0.498. The first kappa shape index (κ1) is 24.2. The molecule has 4 rings (SSSR count). The predicted molar refractivity (Wildman–Crippen MR) is 127 cm³/mol. The Morgan fingerprint density at radius 3 is 2.43 bits per heavy atom. The van der Waals surface area contributed by atoms with E-state index in [1.54, 1.807) is 47.6 Å². The number of aromatic nitrogens is 1. The average molecular weight is 493 g/mol. The zero-order valence-electron chi connectivity index (χ0n) is 19.1. The van der Waals surface area contributed by atoms with Gasteiger partial charge in [0.25, 0.3) is 5.91 Å². The Morgan fingerprint density at radius 2 is 1.74 bits per heavy atom. The Labute approximate surface area is 204 Å². The first-order valence-corrected chi connectivity index (χ1v) is 12.4. The lowest BCUT2D eigenvalue weighted by Gasteiger charge is -2.34. The van der Waals surface area contributed by atoms with Gasteiger partial charge in [0, 0.05) is 44.1 Å². The molecule has 0 unspecified atom stereocenters. The molecule has 1 saturated heterocycles. The van der Waals surface area contributed by atoms with Gasteiger partial charge in [0.05, 0.1) is 17.6 Å². The van der Waals surface area contributed by atoms with Gasteiger partial charge in [0.2, 0.25) is 10.0 Å². The summed E-state index contributed by atoms with van der Waals surface area (Å²) in [7, 11) is -2.33.